The highest BCUT2D eigenvalue weighted by Gasteiger charge is 2.21. The van der Waals surface area contributed by atoms with Crippen LogP contribution in [-0.2, 0) is 13.0 Å². The van der Waals surface area contributed by atoms with E-state index in [9.17, 15) is 4.79 Å². The molecule has 0 bridgehead atoms. The molecule has 25 heavy (non-hydrogen) atoms. The Morgan fingerprint density at radius 1 is 1.08 bits per heavy atom. The molecule has 1 saturated heterocycles. The minimum absolute atomic E-state index is 0.0622. The summed E-state index contributed by atoms with van der Waals surface area (Å²) in [7, 11) is 0. The van der Waals surface area contributed by atoms with Crippen LogP contribution in [0.2, 0.25) is 0 Å². The Morgan fingerprint density at radius 2 is 1.80 bits per heavy atom. The summed E-state index contributed by atoms with van der Waals surface area (Å²) in [5.74, 6) is 0.0622. The molecular weight excluding hydrogens is 308 g/mol. The van der Waals surface area contributed by atoms with Gasteiger partial charge < -0.3 is 5.32 Å². The Hall–Kier alpha value is -2.13. The van der Waals surface area contributed by atoms with Crippen molar-refractivity contribution < 1.29 is 4.79 Å². The maximum absolute atomic E-state index is 12.5. The average Bonchev–Trinajstić information content (AvgIpc) is 2.64. The molecular formula is C22H28N2O. The highest BCUT2D eigenvalue weighted by Crippen LogP contribution is 2.16. The zero-order chi connectivity index (χ0) is 17.6. The summed E-state index contributed by atoms with van der Waals surface area (Å²) in [5, 5.41) is 3.21. The van der Waals surface area contributed by atoms with Crippen LogP contribution in [0.1, 0.15) is 46.8 Å². The molecule has 1 amide bonds. The molecule has 3 heteroatoms. The Bertz CT molecular complexity index is 717. The molecule has 0 aliphatic carbocycles. The normalized spacial score (nSPS) is 15.9. The van der Waals surface area contributed by atoms with Crippen LogP contribution in [0.5, 0.6) is 0 Å². The van der Waals surface area contributed by atoms with Crippen molar-refractivity contribution in [3.05, 3.63) is 70.8 Å². The van der Waals surface area contributed by atoms with Gasteiger partial charge in [0.15, 0.2) is 0 Å². The molecule has 1 N–H and O–H groups in total. The van der Waals surface area contributed by atoms with E-state index in [1.165, 1.54) is 11.1 Å². The zero-order valence-electron chi connectivity index (χ0n) is 15.3. The number of nitrogens with zero attached hydrogens (tertiary/aromatic N) is 1. The summed E-state index contributed by atoms with van der Waals surface area (Å²) < 4.78 is 0. The summed E-state index contributed by atoms with van der Waals surface area (Å²) >= 11 is 0. The van der Waals surface area contributed by atoms with E-state index in [-0.39, 0.29) is 11.9 Å². The molecule has 3 nitrogen and oxygen atoms in total. The molecule has 1 aliphatic rings. The number of hydrogen-bond donors (Lipinski definition) is 1. The van der Waals surface area contributed by atoms with Gasteiger partial charge in [-0.2, -0.15) is 0 Å². The lowest BCUT2D eigenvalue weighted by molar-refractivity contribution is 0.0908. The number of benzene rings is 2. The van der Waals surface area contributed by atoms with Crippen LogP contribution in [0, 0.1) is 6.92 Å². The lowest BCUT2D eigenvalue weighted by atomic mass is 10.0. The molecule has 3 rings (SSSR count). The largest absolute Gasteiger partial charge is 0.349 e. The van der Waals surface area contributed by atoms with Crippen molar-refractivity contribution in [2.24, 2.45) is 0 Å². The van der Waals surface area contributed by atoms with Crippen molar-refractivity contribution >= 4 is 5.91 Å². The summed E-state index contributed by atoms with van der Waals surface area (Å²) in [5.41, 5.74) is 4.62. The fraction of sp³-hybridized carbons (Fsp3) is 0.409. The molecule has 0 aromatic heterocycles. The standard InChI is InChI=1S/C22H28N2O/c1-3-18-8-6-9-19(15-18)16-24-13-11-20(12-14-24)23-22(25)21-10-5-4-7-17(21)2/h4-10,15,20H,3,11-14,16H2,1-2H3,(H,23,25). The number of carbonyl (C=O) groups excluding carboxylic acids is 1. The number of carbonyl (C=O) groups is 1. The van der Waals surface area contributed by atoms with E-state index in [1.807, 2.05) is 31.2 Å². The van der Waals surface area contributed by atoms with Crippen LogP contribution >= 0.6 is 0 Å². The first-order valence-electron chi connectivity index (χ1n) is 9.32. The smallest absolute Gasteiger partial charge is 0.251 e. The Kier molecular flexibility index (Phi) is 5.87. The van der Waals surface area contributed by atoms with Gasteiger partial charge in [0.2, 0.25) is 0 Å². The van der Waals surface area contributed by atoms with Crippen LogP contribution in [0.3, 0.4) is 0 Å². The third kappa shape index (κ3) is 4.70. The van der Waals surface area contributed by atoms with Gasteiger partial charge in [0.25, 0.3) is 5.91 Å². The van der Waals surface area contributed by atoms with Crippen molar-refractivity contribution in [1.82, 2.24) is 10.2 Å². The second kappa shape index (κ2) is 8.30. The summed E-state index contributed by atoms with van der Waals surface area (Å²) in [6.07, 6.45) is 3.12. The molecule has 2 aromatic carbocycles. The van der Waals surface area contributed by atoms with Gasteiger partial charge in [0.05, 0.1) is 0 Å². The van der Waals surface area contributed by atoms with Crippen LogP contribution < -0.4 is 5.32 Å². The highest BCUT2D eigenvalue weighted by molar-refractivity contribution is 5.95. The van der Waals surface area contributed by atoms with Gasteiger partial charge in [0.1, 0.15) is 0 Å². The number of amides is 1. The quantitative estimate of drug-likeness (QED) is 0.896. The van der Waals surface area contributed by atoms with E-state index < -0.39 is 0 Å². The predicted octanol–water partition coefficient (Wildman–Crippen LogP) is 3.95. The van der Waals surface area contributed by atoms with Crippen molar-refractivity contribution in [2.75, 3.05) is 13.1 Å². The third-order valence-corrected chi connectivity index (χ3v) is 5.12. The number of nitrogens with one attached hydrogen (secondary N) is 1. The number of rotatable bonds is 5. The van der Waals surface area contributed by atoms with Crippen molar-refractivity contribution in [1.29, 1.82) is 0 Å². The highest BCUT2D eigenvalue weighted by atomic mass is 16.1. The molecule has 2 aromatic rings. The molecule has 1 heterocycles. The second-order valence-corrected chi connectivity index (χ2v) is 7.01. The number of hydrogen-bond acceptors (Lipinski definition) is 2. The molecule has 132 valence electrons. The van der Waals surface area contributed by atoms with Gasteiger partial charge in [-0.25, -0.2) is 0 Å². The lowest BCUT2D eigenvalue weighted by Gasteiger charge is -2.32. The molecule has 0 atom stereocenters. The van der Waals surface area contributed by atoms with Crippen LogP contribution in [-0.4, -0.2) is 29.9 Å². The third-order valence-electron chi connectivity index (χ3n) is 5.12. The maximum Gasteiger partial charge on any atom is 0.251 e. The summed E-state index contributed by atoms with van der Waals surface area (Å²) in [6, 6.07) is 16.9. The van der Waals surface area contributed by atoms with E-state index in [0.29, 0.717) is 0 Å². The van der Waals surface area contributed by atoms with Gasteiger partial charge in [-0.05, 0) is 48.9 Å². The molecule has 0 unspecified atom stereocenters. The van der Waals surface area contributed by atoms with E-state index >= 15 is 0 Å². The molecule has 0 saturated carbocycles. The molecule has 1 aliphatic heterocycles. The molecule has 0 radical (unpaired) electrons. The number of likely N-dealkylation sites (tertiary alicyclic amines) is 1. The Balaban J connectivity index is 1.50. The second-order valence-electron chi connectivity index (χ2n) is 7.01. The van der Waals surface area contributed by atoms with E-state index in [0.717, 1.165) is 50.0 Å². The Morgan fingerprint density at radius 3 is 2.52 bits per heavy atom. The fourth-order valence-electron chi connectivity index (χ4n) is 3.53. The lowest BCUT2D eigenvalue weighted by Crippen LogP contribution is -2.44. The van der Waals surface area contributed by atoms with Crippen LogP contribution in [0.15, 0.2) is 48.5 Å². The molecule has 0 spiro atoms. The zero-order valence-corrected chi connectivity index (χ0v) is 15.3. The van der Waals surface area contributed by atoms with E-state index in [1.54, 1.807) is 0 Å². The molecule has 1 fully saturated rings. The first-order valence-corrected chi connectivity index (χ1v) is 9.32. The van der Waals surface area contributed by atoms with Crippen LogP contribution in [0.25, 0.3) is 0 Å². The van der Waals surface area contributed by atoms with Crippen molar-refractivity contribution in [2.45, 2.75) is 45.7 Å². The van der Waals surface area contributed by atoms with Crippen molar-refractivity contribution in [3.63, 3.8) is 0 Å². The van der Waals surface area contributed by atoms with Gasteiger partial charge in [0, 0.05) is 31.2 Å². The monoisotopic (exact) mass is 336 g/mol. The van der Waals surface area contributed by atoms with Crippen molar-refractivity contribution in [3.8, 4) is 0 Å². The fourth-order valence-corrected chi connectivity index (χ4v) is 3.53. The minimum Gasteiger partial charge on any atom is -0.349 e. The number of aryl methyl sites for hydroxylation is 2. The van der Waals surface area contributed by atoms with Gasteiger partial charge >= 0.3 is 0 Å². The first kappa shape index (κ1) is 17.7. The summed E-state index contributed by atoms with van der Waals surface area (Å²) in [6.45, 7) is 7.26. The average molecular weight is 336 g/mol. The summed E-state index contributed by atoms with van der Waals surface area (Å²) in [4.78, 5) is 14.9. The topological polar surface area (TPSA) is 32.3 Å². The minimum atomic E-state index is 0.0622. The van der Waals surface area contributed by atoms with Gasteiger partial charge in [-0.1, -0.05) is 49.4 Å². The van der Waals surface area contributed by atoms with E-state index in [2.05, 4.69) is 41.4 Å². The predicted molar refractivity (Wildman–Crippen MR) is 103 cm³/mol. The number of piperidine rings is 1. The van der Waals surface area contributed by atoms with Gasteiger partial charge in [-0.15, -0.1) is 0 Å². The Labute approximate surface area is 151 Å². The maximum atomic E-state index is 12.5. The van der Waals surface area contributed by atoms with E-state index in [4.69, 9.17) is 0 Å². The SMILES string of the molecule is CCc1cccc(CN2CCC(NC(=O)c3ccccc3C)CC2)c1. The van der Waals surface area contributed by atoms with Crippen LogP contribution in [0.4, 0.5) is 0 Å². The van der Waals surface area contributed by atoms with Gasteiger partial charge in [-0.3, -0.25) is 9.69 Å². The first-order chi connectivity index (χ1) is 12.2.